The molecule has 0 saturated heterocycles. The summed E-state index contributed by atoms with van der Waals surface area (Å²) in [6.07, 6.45) is 2.33. The monoisotopic (exact) mass is 391 g/mol. The summed E-state index contributed by atoms with van der Waals surface area (Å²) in [5.74, 6) is 2.02. The molecule has 0 saturated carbocycles. The van der Waals surface area contributed by atoms with Crippen molar-refractivity contribution in [3.63, 3.8) is 0 Å². The van der Waals surface area contributed by atoms with E-state index in [9.17, 15) is 4.79 Å². The molecule has 4 rings (SSSR count). The maximum absolute atomic E-state index is 12.4. The molecule has 7 nitrogen and oxygen atoms in total. The summed E-state index contributed by atoms with van der Waals surface area (Å²) in [4.78, 5) is 16.6. The first kappa shape index (κ1) is 18.6. The van der Waals surface area contributed by atoms with E-state index < -0.39 is 0 Å². The van der Waals surface area contributed by atoms with Gasteiger partial charge in [-0.25, -0.2) is 0 Å². The number of benzene rings is 2. The van der Waals surface area contributed by atoms with E-state index in [4.69, 9.17) is 14.2 Å². The van der Waals surface area contributed by atoms with Crippen molar-refractivity contribution in [3.8, 4) is 17.2 Å². The maximum atomic E-state index is 12.4. The molecule has 0 radical (unpaired) electrons. The Kier molecular flexibility index (Phi) is 5.47. The van der Waals surface area contributed by atoms with Crippen molar-refractivity contribution in [1.82, 2.24) is 10.3 Å². The SMILES string of the molecule is COc1ccc(CCNC(=O)c2cc(Nc3ccc4c(c3)OCO4)ccn2)cc1. The van der Waals surface area contributed by atoms with Crippen LogP contribution in [0.5, 0.6) is 17.2 Å². The highest BCUT2D eigenvalue weighted by Crippen LogP contribution is 2.35. The lowest BCUT2D eigenvalue weighted by Gasteiger charge is -2.09. The van der Waals surface area contributed by atoms with Gasteiger partial charge in [0.05, 0.1) is 7.11 Å². The molecule has 29 heavy (non-hydrogen) atoms. The molecule has 1 aliphatic rings. The third kappa shape index (κ3) is 4.57. The molecule has 0 unspecified atom stereocenters. The zero-order valence-corrected chi connectivity index (χ0v) is 16.0. The van der Waals surface area contributed by atoms with Gasteiger partial charge in [-0.05, 0) is 48.4 Å². The highest BCUT2D eigenvalue weighted by Gasteiger charge is 2.13. The smallest absolute Gasteiger partial charge is 0.269 e. The standard InChI is InChI=1S/C22H21N3O4/c1-27-18-5-2-15(3-6-18)8-10-24-22(26)19-12-17(9-11-23-19)25-16-4-7-20-21(13-16)29-14-28-20/h2-7,9,11-13H,8,10,14H2,1H3,(H,23,25)(H,24,26). The molecule has 148 valence electrons. The van der Waals surface area contributed by atoms with E-state index in [-0.39, 0.29) is 12.7 Å². The van der Waals surface area contributed by atoms with Gasteiger partial charge >= 0.3 is 0 Å². The average Bonchev–Trinajstić information content (AvgIpc) is 3.22. The van der Waals surface area contributed by atoms with Crippen molar-refractivity contribution in [1.29, 1.82) is 0 Å². The first-order valence-corrected chi connectivity index (χ1v) is 9.25. The van der Waals surface area contributed by atoms with Crippen molar-refractivity contribution < 1.29 is 19.0 Å². The number of methoxy groups -OCH3 is 1. The molecule has 1 amide bonds. The number of aromatic nitrogens is 1. The van der Waals surface area contributed by atoms with Crippen LogP contribution in [0, 0.1) is 0 Å². The number of ether oxygens (including phenoxy) is 3. The van der Waals surface area contributed by atoms with Gasteiger partial charge in [0.2, 0.25) is 6.79 Å². The summed E-state index contributed by atoms with van der Waals surface area (Å²) in [5.41, 5.74) is 3.08. The van der Waals surface area contributed by atoms with E-state index in [0.29, 0.717) is 18.0 Å². The average molecular weight is 391 g/mol. The Morgan fingerprint density at radius 3 is 2.66 bits per heavy atom. The van der Waals surface area contributed by atoms with Crippen LogP contribution in [-0.4, -0.2) is 31.3 Å². The van der Waals surface area contributed by atoms with Crippen molar-refractivity contribution >= 4 is 17.3 Å². The highest BCUT2D eigenvalue weighted by atomic mass is 16.7. The quantitative estimate of drug-likeness (QED) is 0.641. The fraction of sp³-hybridized carbons (Fsp3) is 0.182. The molecule has 1 aliphatic heterocycles. The summed E-state index contributed by atoms with van der Waals surface area (Å²) >= 11 is 0. The van der Waals surface area contributed by atoms with E-state index in [1.165, 1.54) is 0 Å². The van der Waals surface area contributed by atoms with Crippen LogP contribution in [0.1, 0.15) is 16.1 Å². The summed E-state index contributed by atoms with van der Waals surface area (Å²) < 4.78 is 15.9. The van der Waals surface area contributed by atoms with Gasteiger partial charge in [0.25, 0.3) is 5.91 Å². The molecular formula is C22H21N3O4. The number of nitrogens with one attached hydrogen (secondary N) is 2. The van der Waals surface area contributed by atoms with Crippen LogP contribution in [0.25, 0.3) is 0 Å². The predicted octanol–water partition coefficient (Wildman–Crippen LogP) is 3.54. The van der Waals surface area contributed by atoms with E-state index >= 15 is 0 Å². The van der Waals surface area contributed by atoms with Crippen molar-refractivity contribution in [2.75, 3.05) is 25.8 Å². The van der Waals surface area contributed by atoms with E-state index in [2.05, 4.69) is 15.6 Å². The van der Waals surface area contributed by atoms with Crippen molar-refractivity contribution in [2.24, 2.45) is 0 Å². The van der Waals surface area contributed by atoms with Gasteiger partial charge in [-0.3, -0.25) is 9.78 Å². The van der Waals surface area contributed by atoms with E-state index in [0.717, 1.165) is 34.9 Å². The molecule has 7 heteroatoms. The molecule has 2 heterocycles. The maximum Gasteiger partial charge on any atom is 0.269 e. The zero-order valence-electron chi connectivity index (χ0n) is 16.0. The number of fused-ring (bicyclic) bond motifs is 1. The number of hydrogen-bond acceptors (Lipinski definition) is 6. The van der Waals surface area contributed by atoms with E-state index in [1.807, 2.05) is 42.5 Å². The van der Waals surface area contributed by atoms with E-state index in [1.54, 1.807) is 25.4 Å². The fourth-order valence-electron chi connectivity index (χ4n) is 2.98. The minimum absolute atomic E-state index is 0.215. The molecule has 0 bridgehead atoms. The summed E-state index contributed by atoms with van der Waals surface area (Å²) in [5, 5.41) is 6.16. The number of amides is 1. The number of carbonyl (C=O) groups excluding carboxylic acids is 1. The lowest BCUT2D eigenvalue weighted by Crippen LogP contribution is -2.26. The largest absolute Gasteiger partial charge is 0.497 e. The summed E-state index contributed by atoms with van der Waals surface area (Å²) in [6.45, 7) is 0.752. The van der Waals surface area contributed by atoms with Crippen LogP contribution < -0.4 is 24.8 Å². The minimum Gasteiger partial charge on any atom is -0.497 e. The molecule has 3 aromatic rings. The molecule has 1 aromatic heterocycles. The van der Waals surface area contributed by atoms with Crippen molar-refractivity contribution in [2.45, 2.75) is 6.42 Å². The van der Waals surface area contributed by atoms with Crippen LogP contribution >= 0.6 is 0 Å². The Balaban J connectivity index is 1.34. The highest BCUT2D eigenvalue weighted by molar-refractivity contribution is 5.93. The first-order chi connectivity index (χ1) is 14.2. The lowest BCUT2D eigenvalue weighted by molar-refractivity contribution is 0.0949. The lowest BCUT2D eigenvalue weighted by atomic mass is 10.1. The number of pyridine rings is 1. The van der Waals surface area contributed by atoms with Crippen LogP contribution in [-0.2, 0) is 6.42 Å². The number of nitrogens with zero attached hydrogens (tertiary/aromatic N) is 1. The molecular weight excluding hydrogens is 370 g/mol. The first-order valence-electron chi connectivity index (χ1n) is 9.25. The third-order valence-electron chi connectivity index (χ3n) is 4.51. The van der Waals surface area contributed by atoms with Crippen LogP contribution in [0.3, 0.4) is 0 Å². The molecule has 2 aromatic carbocycles. The second-order valence-corrected chi connectivity index (χ2v) is 6.48. The summed E-state index contributed by atoms with van der Waals surface area (Å²) in [7, 11) is 1.64. The van der Waals surface area contributed by atoms with Gasteiger partial charge in [-0.2, -0.15) is 0 Å². The Morgan fingerprint density at radius 1 is 1.03 bits per heavy atom. The molecule has 0 fully saturated rings. The van der Waals surface area contributed by atoms with Crippen molar-refractivity contribution in [3.05, 3.63) is 72.1 Å². The molecule has 2 N–H and O–H groups in total. The Morgan fingerprint density at radius 2 is 1.83 bits per heavy atom. The Hall–Kier alpha value is -3.74. The van der Waals surface area contributed by atoms with Crippen LogP contribution in [0.15, 0.2) is 60.8 Å². The van der Waals surface area contributed by atoms with Gasteiger partial charge in [0.1, 0.15) is 11.4 Å². The molecule has 0 aliphatic carbocycles. The van der Waals surface area contributed by atoms with Gasteiger partial charge in [0.15, 0.2) is 11.5 Å². The Labute approximate surface area is 168 Å². The van der Waals surface area contributed by atoms with Gasteiger partial charge in [-0.1, -0.05) is 12.1 Å². The minimum atomic E-state index is -0.215. The normalized spacial score (nSPS) is 11.8. The Bertz CT molecular complexity index is 1010. The zero-order chi connectivity index (χ0) is 20.1. The van der Waals surface area contributed by atoms with Gasteiger partial charge in [-0.15, -0.1) is 0 Å². The van der Waals surface area contributed by atoms with Crippen LogP contribution in [0.4, 0.5) is 11.4 Å². The van der Waals surface area contributed by atoms with Crippen LogP contribution in [0.2, 0.25) is 0 Å². The third-order valence-corrected chi connectivity index (χ3v) is 4.51. The predicted molar refractivity (Wildman–Crippen MR) is 109 cm³/mol. The topological polar surface area (TPSA) is 81.7 Å². The number of hydrogen-bond donors (Lipinski definition) is 2. The second-order valence-electron chi connectivity index (χ2n) is 6.48. The fourth-order valence-corrected chi connectivity index (χ4v) is 2.98. The summed E-state index contributed by atoms with van der Waals surface area (Å²) in [6, 6.07) is 16.9. The van der Waals surface area contributed by atoms with Gasteiger partial charge in [0, 0.05) is 30.2 Å². The number of rotatable bonds is 7. The van der Waals surface area contributed by atoms with Gasteiger partial charge < -0.3 is 24.8 Å². The second kappa shape index (κ2) is 8.52. The molecule has 0 atom stereocenters. The number of anilines is 2. The number of carbonyl (C=O) groups is 1. The molecule has 0 spiro atoms.